The molecular weight excluding hydrogens is 218 g/mol. The summed E-state index contributed by atoms with van der Waals surface area (Å²) in [6, 6.07) is 0.651. The Morgan fingerprint density at radius 2 is 1.00 bits per heavy atom. The lowest BCUT2D eigenvalue weighted by atomic mass is 10.1. The minimum atomic E-state index is 0.651. The van der Waals surface area contributed by atoms with Crippen LogP contribution >= 0.6 is 0 Å². The zero-order valence-corrected chi connectivity index (χ0v) is 13.3. The van der Waals surface area contributed by atoms with Gasteiger partial charge in [-0.15, -0.1) is 0 Å². The molecule has 0 aliphatic heterocycles. The van der Waals surface area contributed by atoms with Gasteiger partial charge in [-0.05, 0) is 13.0 Å². The molecule has 1 N–H and O–H groups in total. The van der Waals surface area contributed by atoms with Gasteiger partial charge >= 0.3 is 0 Å². The van der Waals surface area contributed by atoms with Gasteiger partial charge in [0.25, 0.3) is 0 Å². The second-order valence-corrected chi connectivity index (χ2v) is 6.00. The molecule has 0 rings (SSSR count). The van der Waals surface area contributed by atoms with Crippen LogP contribution in [-0.4, -0.2) is 12.6 Å². The van der Waals surface area contributed by atoms with Gasteiger partial charge in [0.15, 0.2) is 0 Å². The highest BCUT2D eigenvalue weighted by Gasteiger charge is 1.94. The third-order valence-electron chi connectivity index (χ3n) is 3.58. The van der Waals surface area contributed by atoms with Crippen molar-refractivity contribution in [1.82, 2.24) is 5.32 Å². The Morgan fingerprint density at radius 1 is 0.611 bits per heavy atom. The van der Waals surface area contributed by atoms with Gasteiger partial charge in [-0.3, -0.25) is 0 Å². The Balaban J connectivity index is 2.90. The minimum absolute atomic E-state index is 0.651. The molecule has 0 aromatic heterocycles. The van der Waals surface area contributed by atoms with Crippen LogP contribution in [0.4, 0.5) is 0 Å². The number of rotatable bonds is 14. The molecule has 0 aliphatic carbocycles. The monoisotopic (exact) mass is 255 g/mol. The largest absolute Gasteiger partial charge is 0.315 e. The van der Waals surface area contributed by atoms with E-state index in [0.29, 0.717) is 6.04 Å². The highest BCUT2D eigenvalue weighted by atomic mass is 14.9. The molecule has 0 saturated carbocycles. The van der Waals surface area contributed by atoms with Gasteiger partial charge in [-0.2, -0.15) is 0 Å². The van der Waals surface area contributed by atoms with E-state index >= 15 is 0 Å². The van der Waals surface area contributed by atoms with E-state index < -0.39 is 0 Å². The Bertz CT molecular complexity index is 143. The van der Waals surface area contributed by atoms with Crippen LogP contribution in [0.3, 0.4) is 0 Å². The quantitative estimate of drug-likeness (QED) is 0.393. The first kappa shape index (κ1) is 18.0. The van der Waals surface area contributed by atoms with Crippen LogP contribution in [0.1, 0.15) is 97.8 Å². The van der Waals surface area contributed by atoms with E-state index in [2.05, 4.69) is 26.1 Å². The molecule has 110 valence electrons. The normalized spacial score (nSPS) is 11.3. The highest BCUT2D eigenvalue weighted by Crippen LogP contribution is 2.11. The molecule has 0 aromatic carbocycles. The summed E-state index contributed by atoms with van der Waals surface area (Å²) < 4.78 is 0. The van der Waals surface area contributed by atoms with E-state index in [1.165, 1.54) is 83.6 Å². The van der Waals surface area contributed by atoms with Crippen LogP contribution in [0.2, 0.25) is 0 Å². The van der Waals surface area contributed by atoms with E-state index in [1.807, 2.05) is 0 Å². The van der Waals surface area contributed by atoms with E-state index in [4.69, 9.17) is 0 Å². The molecule has 1 heteroatoms. The third kappa shape index (κ3) is 16.0. The predicted molar refractivity (Wildman–Crippen MR) is 84.2 cm³/mol. The van der Waals surface area contributed by atoms with Crippen LogP contribution in [-0.2, 0) is 0 Å². The first-order chi connectivity index (χ1) is 8.77. The zero-order valence-electron chi connectivity index (χ0n) is 13.3. The topological polar surface area (TPSA) is 12.0 Å². The van der Waals surface area contributed by atoms with E-state index in [1.54, 1.807) is 0 Å². The summed E-state index contributed by atoms with van der Waals surface area (Å²) in [4.78, 5) is 0. The average molecular weight is 255 g/mol. The molecule has 1 nitrogen and oxygen atoms in total. The van der Waals surface area contributed by atoms with Gasteiger partial charge in [0, 0.05) is 6.04 Å². The summed E-state index contributed by atoms with van der Waals surface area (Å²) in [5, 5.41) is 3.48. The Hall–Kier alpha value is -0.0400. The first-order valence-electron chi connectivity index (χ1n) is 8.50. The number of hydrogen-bond acceptors (Lipinski definition) is 1. The van der Waals surface area contributed by atoms with Gasteiger partial charge in [0.2, 0.25) is 0 Å². The highest BCUT2D eigenvalue weighted by molar-refractivity contribution is 4.53. The van der Waals surface area contributed by atoms with Crippen molar-refractivity contribution in [3.8, 4) is 0 Å². The molecule has 0 heterocycles. The lowest BCUT2D eigenvalue weighted by Crippen LogP contribution is -2.23. The van der Waals surface area contributed by atoms with Crippen molar-refractivity contribution < 1.29 is 0 Å². The number of unbranched alkanes of at least 4 members (excludes halogenated alkanes) is 11. The Kier molecular flexibility index (Phi) is 15.0. The summed E-state index contributed by atoms with van der Waals surface area (Å²) in [6.07, 6.45) is 17.3. The van der Waals surface area contributed by atoms with Crippen molar-refractivity contribution >= 4 is 0 Å². The summed E-state index contributed by atoms with van der Waals surface area (Å²) in [5.41, 5.74) is 0. The maximum absolute atomic E-state index is 3.48. The molecular formula is C17H37N. The van der Waals surface area contributed by atoms with E-state index in [-0.39, 0.29) is 0 Å². The molecule has 0 aromatic rings. The maximum Gasteiger partial charge on any atom is 0.00103 e. The smallest absolute Gasteiger partial charge is 0.00103 e. The molecule has 0 amide bonds. The molecule has 0 radical (unpaired) electrons. The van der Waals surface area contributed by atoms with Gasteiger partial charge < -0.3 is 5.32 Å². The van der Waals surface area contributed by atoms with E-state index in [0.717, 1.165) is 0 Å². The lowest BCUT2D eigenvalue weighted by Gasteiger charge is -2.07. The molecule has 0 aliphatic rings. The van der Waals surface area contributed by atoms with Gasteiger partial charge in [-0.1, -0.05) is 91.4 Å². The van der Waals surface area contributed by atoms with Gasteiger partial charge in [0.05, 0.1) is 0 Å². The lowest BCUT2D eigenvalue weighted by molar-refractivity contribution is 0.520. The van der Waals surface area contributed by atoms with Gasteiger partial charge in [-0.25, -0.2) is 0 Å². The van der Waals surface area contributed by atoms with Crippen LogP contribution in [0.15, 0.2) is 0 Å². The fourth-order valence-corrected chi connectivity index (χ4v) is 2.36. The minimum Gasteiger partial charge on any atom is -0.315 e. The van der Waals surface area contributed by atoms with E-state index in [9.17, 15) is 0 Å². The third-order valence-corrected chi connectivity index (χ3v) is 3.58. The fourth-order valence-electron chi connectivity index (χ4n) is 2.36. The zero-order chi connectivity index (χ0) is 13.5. The summed E-state index contributed by atoms with van der Waals surface area (Å²) >= 11 is 0. The van der Waals surface area contributed by atoms with Crippen molar-refractivity contribution in [2.24, 2.45) is 0 Å². The van der Waals surface area contributed by atoms with Crippen molar-refractivity contribution in [3.63, 3.8) is 0 Å². The summed E-state index contributed by atoms with van der Waals surface area (Å²) in [6.45, 7) is 7.94. The standard InChI is InChI=1S/C17H37N/c1-4-5-6-7-8-9-10-11-12-13-14-15-16-18-17(2)3/h17-18H,4-16H2,1-3H3. The van der Waals surface area contributed by atoms with Crippen molar-refractivity contribution in [2.45, 2.75) is 104 Å². The molecule has 0 fully saturated rings. The summed E-state index contributed by atoms with van der Waals surface area (Å²) in [7, 11) is 0. The maximum atomic E-state index is 3.48. The summed E-state index contributed by atoms with van der Waals surface area (Å²) in [5.74, 6) is 0. The van der Waals surface area contributed by atoms with Crippen LogP contribution < -0.4 is 5.32 Å². The molecule has 0 atom stereocenters. The Morgan fingerprint density at radius 3 is 1.39 bits per heavy atom. The predicted octanol–water partition coefficient (Wildman–Crippen LogP) is 5.69. The van der Waals surface area contributed by atoms with Crippen LogP contribution in [0.5, 0.6) is 0 Å². The van der Waals surface area contributed by atoms with Crippen LogP contribution in [0, 0.1) is 0 Å². The average Bonchev–Trinajstić information content (AvgIpc) is 2.34. The second-order valence-electron chi connectivity index (χ2n) is 6.00. The number of hydrogen-bond donors (Lipinski definition) is 1. The molecule has 18 heavy (non-hydrogen) atoms. The molecule has 0 bridgehead atoms. The van der Waals surface area contributed by atoms with Crippen molar-refractivity contribution in [3.05, 3.63) is 0 Å². The van der Waals surface area contributed by atoms with Crippen molar-refractivity contribution in [1.29, 1.82) is 0 Å². The fraction of sp³-hybridized carbons (Fsp3) is 1.00. The van der Waals surface area contributed by atoms with Gasteiger partial charge in [0.1, 0.15) is 0 Å². The second kappa shape index (κ2) is 15.0. The molecule has 0 saturated heterocycles. The number of nitrogens with one attached hydrogen (secondary N) is 1. The SMILES string of the molecule is CCCCCCCCCCCCCCNC(C)C. The first-order valence-corrected chi connectivity index (χ1v) is 8.50. The van der Waals surface area contributed by atoms with Crippen LogP contribution in [0.25, 0.3) is 0 Å². The molecule has 0 unspecified atom stereocenters. The Labute approximate surface area is 116 Å². The molecule has 0 spiro atoms. The van der Waals surface area contributed by atoms with Crippen molar-refractivity contribution in [2.75, 3.05) is 6.54 Å².